The van der Waals surface area contributed by atoms with Crippen molar-refractivity contribution in [3.8, 4) is 0 Å². The van der Waals surface area contributed by atoms with Crippen molar-refractivity contribution >= 4 is 21.7 Å². The number of methoxy groups -OCH3 is 1. The molecule has 0 unspecified atom stereocenters. The summed E-state index contributed by atoms with van der Waals surface area (Å²) in [5.41, 5.74) is 0.592. The monoisotopic (exact) mass is 342 g/mol. The SMILES string of the molecule is COCCNS(=O)(=O)c1ccc(N2CCCCC2)c(C(=O)O)c1. The summed E-state index contributed by atoms with van der Waals surface area (Å²) in [7, 11) is -2.27. The van der Waals surface area contributed by atoms with Crippen molar-refractivity contribution in [1.29, 1.82) is 0 Å². The first-order valence-electron chi connectivity index (χ1n) is 7.56. The van der Waals surface area contributed by atoms with Crippen molar-refractivity contribution in [1.82, 2.24) is 4.72 Å². The molecule has 1 fully saturated rings. The van der Waals surface area contributed by atoms with Crippen molar-refractivity contribution in [2.45, 2.75) is 24.2 Å². The lowest BCUT2D eigenvalue weighted by atomic mass is 10.1. The van der Waals surface area contributed by atoms with Crippen LogP contribution in [0.15, 0.2) is 23.1 Å². The number of carboxylic acid groups (broad SMARTS) is 1. The molecule has 0 saturated carbocycles. The second kappa shape index (κ2) is 7.76. The van der Waals surface area contributed by atoms with E-state index in [1.807, 2.05) is 4.90 Å². The molecule has 0 aliphatic carbocycles. The van der Waals surface area contributed by atoms with Crippen molar-refractivity contribution in [3.05, 3.63) is 23.8 Å². The average molecular weight is 342 g/mol. The maximum absolute atomic E-state index is 12.2. The van der Waals surface area contributed by atoms with Crippen LogP contribution < -0.4 is 9.62 Å². The van der Waals surface area contributed by atoms with Crippen LogP contribution in [0, 0.1) is 0 Å². The quantitative estimate of drug-likeness (QED) is 0.725. The molecule has 0 bridgehead atoms. The van der Waals surface area contributed by atoms with Crippen LogP contribution in [0.4, 0.5) is 5.69 Å². The molecular weight excluding hydrogens is 320 g/mol. The second-order valence-corrected chi connectivity index (χ2v) is 7.19. The van der Waals surface area contributed by atoms with E-state index < -0.39 is 16.0 Å². The molecule has 0 radical (unpaired) electrons. The van der Waals surface area contributed by atoms with Gasteiger partial charge in [0, 0.05) is 26.7 Å². The average Bonchev–Trinajstić information content (AvgIpc) is 2.55. The van der Waals surface area contributed by atoms with Gasteiger partial charge in [-0.25, -0.2) is 17.9 Å². The first kappa shape index (κ1) is 17.7. The lowest BCUT2D eigenvalue weighted by molar-refractivity contribution is 0.0697. The number of rotatable bonds is 7. The predicted molar refractivity (Wildman–Crippen MR) is 86.5 cm³/mol. The van der Waals surface area contributed by atoms with Gasteiger partial charge in [0.15, 0.2) is 0 Å². The van der Waals surface area contributed by atoms with Crippen LogP contribution in [0.5, 0.6) is 0 Å². The Morgan fingerprint density at radius 1 is 1.30 bits per heavy atom. The molecule has 0 aromatic heterocycles. The van der Waals surface area contributed by atoms with Gasteiger partial charge in [-0.3, -0.25) is 0 Å². The summed E-state index contributed by atoms with van der Waals surface area (Å²) < 4.78 is 31.6. The van der Waals surface area contributed by atoms with E-state index in [2.05, 4.69) is 4.72 Å². The number of piperidine rings is 1. The number of carbonyl (C=O) groups is 1. The van der Waals surface area contributed by atoms with E-state index in [9.17, 15) is 18.3 Å². The van der Waals surface area contributed by atoms with Gasteiger partial charge in [0.2, 0.25) is 10.0 Å². The van der Waals surface area contributed by atoms with Crippen LogP contribution in [0.1, 0.15) is 29.6 Å². The Kier molecular flexibility index (Phi) is 5.97. The molecule has 0 spiro atoms. The first-order chi connectivity index (χ1) is 11.0. The fourth-order valence-electron chi connectivity index (χ4n) is 2.63. The van der Waals surface area contributed by atoms with Gasteiger partial charge in [0.1, 0.15) is 0 Å². The number of nitrogens with one attached hydrogen (secondary N) is 1. The summed E-state index contributed by atoms with van der Waals surface area (Å²) in [6.07, 6.45) is 3.16. The molecule has 2 rings (SSSR count). The fraction of sp³-hybridized carbons (Fsp3) is 0.533. The Labute approximate surface area is 136 Å². The normalized spacial score (nSPS) is 15.6. The first-order valence-corrected chi connectivity index (χ1v) is 9.05. The van der Waals surface area contributed by atoms with E-state index in [4.69, 9.17) is 4.74 Å². The van der Waals surface area contributed by atoms with Gasteiger partial charge in [0.05, 0.1) is 22.8 Å². The minimum atomic E-state index is -3.75. The number of nitrogens with zero attached hydrogens (tertiary/aromatic N) is 1. The Morgan fingerprint density at radius 3 is 2.61 bits per heavy atom. The van der Waals surface area contributed by atoms with Crippen LogP contribution in [-0.4, -0.2) is 52.8 Å². The molecule has 2 N–H and O–H groups in total. The number of aromatic carboxylic acids is 1. The van der Waals surface area contributed by atoms with Gasteiger partial charge in [-0.2, -0.15) is 0 Å². The van der Waals surface area contributed by atoms with Gasteiger partial charge in [-0.1, -0.05) is 0 Å². The van der Waals surface area contributed by atoms with Crippen LogP contribution >= 0.6 is 0 Å². The zero-order chi connectivity index (χ0) is 16.9. The molecule has 0 atom stereocenters. The minimum Gasteiger partial charge on any atom is -0.478 e. The maximum atomic E-state index is 12.2. The number of anilines is 1. The van der Waals surface area contributed by atoms with Crippen molar-refractivity contribution in [2.75, 3.05) is 38.3 Å². The molecule has 1 saturated heterocycles. The molecule has 8 heteroatoms. The standard InChI is InChI=1S/C15H22N2O5S/c1-22-10-7-16-23(20,21)12-5-6-14(13(11-12)15(18)19)17-8-3-2-4-9-17/h5-6,11,16H,2-4,7-10H2,1H3,(H,18,19). The highest BCUT2D eigenvalue weighted by Crippen LogP contribution is 2.27. The third-order valence-corrected chi connectivity index (χ3v) is 5.26. The summed E-state index contributed by atoms with van der Waals surface area (Å²) in [6, 6.07) is 4.26. The van der Waals surface area contributed by atoms with E-state index in [1.165, 1.54) is 19.2 Å². The van der Waals surface area contributed by atoms with Gasteiger partial charge in [0.25, 0.3) is 0 Å². The zero-order valence-corrected chi connectivity index (χ0v) is 13.9. The molecule has 1 aliphatic rings. The van der Waals surface area contributed by atoms with Crippen LogP contribution in [-0.2, 0) is 14.8 Å². The molecular formula is C15H22N2O5S. The van der Waals surface area contributed by atoms with Gasteiger partial charge in [-0.05, 0) is 37.5 Å². The lowest BCUT2D eigenvalue weighted by Gasteiger charge is -2.30. The minimum absolute atomic E-state index is 0.0153. The largest absolute Gasteiger partial charge is 0.478 e. The van der Waals surface area contributed by atoms with E-state index in [1.54, 1.807) is 6.07 Å². The predicted octanol–water partition coefficient (Wildman–Crippen LogP) is 1.30. The fourth-order valence-corrected chi connectivity index (χ4v) is 3.66. The topological polar surface area (TPSA) is 95.9 Å². The summed E-state index contributed by atoms with van der Waals surface area (Å²) in [4.78, 5) is 13.5. The van der Waals surface area contributed by atoms with E-state index >= 15 is 0 Å². The van der Waals surface area contributed by atoms with Crippen molar-refractivity contribution in [3.63, 3.8) is 0 Å². The van der Waals surface area contributed by atoms with Gasteiger partial charge < -0.3 is 14.7 Å². The Balaban J connectivity index is 2.30. The number of benzene rings is 1. The third-order valence-electron chi connectivity index (χ3n) is 3.80. The van der Waals surface area contributed by atoms with Gasteiger partial charge in [-0.15, -0.1) is 0 Å². The van der Waals surface area contributed by atoms with Crippen LogP contribution in [0.3, 0.4) is 0 Å². The summed E-state index contributed by atoms with van der Waals surface area (Å²) in [5.74, 6) is -1.13. The maximum Gasteiger partial charge on any atom is 0.337 e. The molecule has 7 nitrogen and oxygen atoms in total. The number of hydrogen-bond donors (Lipinski definition) is 2. The Hall–Kier alpha value is -1.64. The van der Waals surface area contributed by atoms with Crippen LogP contribution in [0.25, 0.3) is 0 Å². The highest BCUT2D eigenvalue weighted by Gasteiger charge is 2.22. The summed E-state index contributed by atoms with van der Waals surface area (Å²) in [6.45, 7) is 1.96. The Bertz CT molecular complexity index is 654. The molecule has 23 heavy (non-hydrogen) atoms. The molecule has 1 aliphatic heterocycles. The molecule has 0 amide bonds. The van der Waals surface area contributed by atoms with Crippen LogP contribution in [0.2, 0.25) is 0 Å². The molecule has 1 heterocycles. The smallest absolute Gasteiger partial charge is 0.337 e. The number of hydrogen-bond acceptors (Lipinski definition) is 5. The molecule has 1 aromatic rings. The van der Waals surface area contributed by atoms with Crippen molar-refractivity contribution in [2.24, 2.45) is 0 Å². The summed E-state index contributed by atoms with van der Waals surface area (Å²) >= 11 is 0. The van der Waals surface area contributed by atoms with E-state index in [-0.39, 0.29) is 23.6 Å². The number of sulfonamides is 1. The third kappa shape index (κ3) is 4.43. The highest BCUT2D eigenvalue weighted by molar-refractivity contribution is 7.89. The number of ether oxygens (including phenoxy) is 1. The van der Waals surface area contributed by atoms with E-state index in [0.717, 1.165) is 32.4 Å². The molecule has 128 valence electrons. The van der Waals surface area contributed by atoms with Crippen molar-refractivity contribution < 1.29 is 23.1 Å². The second-order valence-electron chi connectivity index (χ2n) is 5.42. The Morgan fingerprint density at radius 2 is 2.00 bits per heavy atom. The zero-order valence-electron chi connectivity index (χ0n) is 13.1. The van der Waals surface area contributed by atoms with E-state index in [0.29, 0.717) is 5.69 Å². The highest BCUT2D eigenvalue weighted by atomic mass is 32.2. The lowest BCUT2D eigenvalue weighted by Crippen LogP contribution is -2.31. The van der Waals surface area contributed by atoms with Gasteiger partial charge >= 0.3 is 5.97 Å². The summed E-state index contributed by atoms with van der Waals surface area (Å²) in [5, 5.41) is 9.44. The number of carboxylic acids is 1. The molecule has 1 aromatic carbocycles.